The Labute approximate surface area is 57.4 Å². The zero-order valence-corrected chi connectivity index (χ0v) is 5.28. The Morgan fingerprint density at radius 2 is 1.90 bits per heavy atom. The van der Waals surface area contributed by atoms with Crippen LogP contribution in [-0.2, 0) is 0 Å². The van der Waals surface area contributed by atoms with Gasteiger partial charge in [-0.1, -0.05) is 6.58 Å². The van der Waals surface area contributed by atoms with Crippen LogP contribution in [-0.4, -0.2) is 6.67 Å². The first-order valence-electron chi connectivity index (χ1n) is 2.61. The maximum absolute atomic E-state index is 12.0. The molecular formula is C7H7F3. The van der Waals surface area contributed by atoms with E-state index in [1.54, 1.807) is 0 Å². The van der Waals surface area contributed by atoms with Gasteiger partial charge in [0.2, 0.25) is 0 Å². The third-order valence-corrected chi connectivity index (χ3v) is 0.746. The topological polar surface area (TPSA) is 0 Å². The van der Waals surface area contributed by atoms with Crippen LogP contribution in [0.5, 0.6) is 0 Å². The summed E-state index contributed by atoms with van der Waals surface area (Å²) >= 11 is 0. The van der Waals surface area contributed by atoms with Gasteiger partial charge in [-0.3, -0.25) is 0 Å². The Bertz CT molecular complexity index is 168. The Kier molecular flexibility index (Phi) is 4.37. The number of allylic oxidation sites excluding steroid dienone is 5. The van der Waals surface area contributed by atoms with Gasteiger partial charge in [-0.05, 0) is 18.2 Å². The average molecular weight is 148 g/mol. The summed E-state index contributed by atoms with van der Waals surface area (Å²) in [4.78, 5) is 0. The van der Waals surface area contributed by atoms with Gasteiger partial charge >= 0.3 is 0 Å². The summed E-state index contributed by atoms with van der Waals surface area (Å²) in [5.74, 6) is -1.69. The molecule has 0 aliphatic heterocycles. The molecule has 0 bridgehead atoms. The van der Waals surface area contributed by atoms with Crippen LogP contribution in [0.2, 0.25) is 0 Å². The molecule has 0 saturated carbocycles. The van der Waals surface area contributed by atoms with E-state index >= 15 is 0 Å². The van der Waals surface area contributed by atoms with Gasteiger partial charge in [0.25, 0.3) is 0 Å². The minimum Gasteiger partial charge on any atom is -0.243 e. The molecule has 3 heteroatoms. The fourth-order valence-electron chi connectivity index (χ4n) is 0.283. The van der Waals surface area contributed by atoms with Crippen LogP contribution in [0, 0.1) is 0 Å². The van der Waals surface area contributed by atoms with Crippen molar-refractivity contribution in [2.24, 2.45) is 0 Å². The molecule has 0 amide bonds. The van der Waals surface area contributed by atoms with Crippen molar-refractivity contribution in [2.75, 3.05) is 6.67 Å². The van der Waals surface area contributed by atoms with E-state index in [4.69, 9.17) is 0 Å². The Hall–Kier alpha value is -0.990. The highest BCUT2D eigenvalue weighted by molar-refractivity contribution is 5.17. The van der Waals surface area contributed by atoms with E-state index < -0.39 is 18.3 Å². The molecular weight excluding hydrogens is 141 g/mol. The lowest BCUT2D eigenvalue weighted by molar-refractivity contribution is 0.459. The van der Waals surface area contributed by atoms with Crippen molar-refractivity contribution < 1.29 is 13.2 Å². The normalized spacial score (nSPS) is 13.5. The van der Waals surface area contributed by atoms with Crippen molar-refractivity contribution in [3.8, 4) is 0 Å². The second kappa shape index (κ2) is 4.85. The summed E-state index contributed by atoms with van der Waals surface area (Å²) in [7, 11) is 0. The predicted octanol–water partition coefficient (Wildman–Crippen LogP) is 2.85. The molecule has 0 aliphatic carbocycles. The summed E-state index contributed by atoms with van der Waals surface area (Å²) in [6.07, 6.45) is 2.43. The van der Waals surface area contributed by atoms with Gasteiger partial charge in [-0.15, -0.1) is 0 Å². The van der Waals surface area contributed by atoms with E-state index in [9.17, 15) is 13.2 Å². The third-order valence-electron chi connectivity index (χ3n) is 0.746. The molecule has 0 aromatic heterocycles. The zero-order valence-electron chi connectivity index (χ0n) is 5.28. The molecule has 0 radical (unpaired) electrons. The van der Waals surface area contributed by atoms with Gasteiger partial charge in [0.05, 0.1) is 0 Å². The van der Waals surface area contributed by atoms with Gasteiger partial charge < -0.3 is 0 Å². The average Bonchev–Trinajstić information content (AvgIpc) is 1.99. The SMILES string of the molecule is C=C/C(F)=C\C=C(\F)CF. The molecule has 0 aromatic carbocycles. The summed E-state index contributed by atoms with van der Waals surface area (Å²) in [5.41, 5.74) is 0. The summed E-state index contributed by atoms with van der Waals surface area (Å²) < 4.78 is 35.2. The van der Waals surface area contributed by atoms with Gasteiger partial charge in [0.1, 0.15) is 18.3 Å². The largest absolute Gasteiger partial charge is 0.243 e. The van der Waals surface area contributed by atoms with Crippen molar-refractivity contribution in [3.05, 3.63) is 36.5 Å². The summed E-state index contributed by atoms with van der Waals surface area (Å²) in [6, 6.07) is 0. The van der Waals surface area contributed by atoms with Crippen LogP contribution < -0.4 is 0 Å². The molecule has 0 nitrogen and oxygen atoms in total. The Morgan fingerprint density at radius 1 is 1.30 bits per heavy atom. The standard InChI is InChI=1S/C7H7F3/c1-2-6(9)3-4-7(10)5-8/h2-4H,1,5H2/b6-3+,7-4+. The zero-order chi connectivity index (χ0) is 7.98. The van der Waals surface area contributed by atoms with Crippen LogP contribution >= 0.6 is 0 Å². The molecule has 0 N–H and O–H groups in total. The van der Waals surface area contributed by atoms with Crippen LogP contribution in [0.15, 0.2) is 36.5 Å². The van der Waals surface area contributed by atoms with Gasteiger partial charge in [0, 0.05) is 0 Å². The van der Waals surface area contributed by atoms with E-state index in [1.807, 2.05) is 0 Å². The first kappa shape index (κ1) is 9.01. The molecule has 0 aliphatic rings. The van der Waals surface area contributed by atoms with E-state index in [0.717, 1.165) is 18.2 Å². The predicted molar refractivity (Wildman–Crippen MR) is 34.6 cm³/mol. The minimum atomic E-state index is -1.21. The molecule has 0 saturated heterocycles. The molecule has 0 aromatic rings. The lowest BCUT2D eigenvalue weighted by atomic mass is 10.4. The van der Waals surface area contributed by atoms with Crippen molar-refractivity contribution >= 4 is 0 Å². The van der Waals surface area contributed by atoms with E-state index in [2.05, 4.69) is 6.58 Å². The van der Waals surface area contributed by atoms with Crippen molar-refractivity contribution in [1.29, 1.82) is 0 Å². The van der Waals surface area contributed by atoms with E-state index in [0.29, 0.717) is 0 Å². The van der Waals surface area contributed by atoms with Gasteiger partial charge in [0.15, 0.2) is 0 Å². The van der Waals surface area contributed by atoms with Crippen molar-refractivity contribution in [2.45, 2.75) is 0 Å². The van der Waals surface area contributed by atoms with Crippen molar-refractivity contribution in [3.63, 3.8) is 0 Å². The van der Waals surface area contributed by atoms with Crippen LogP contribution in [0.4, 0.5) is 13.2 Å². The number of rotatable bonds is 3. The second-order valence-electron chi connectivity index (χ2n) is 1.50. The number of alkyl halides is 1. The molecule has 0 spiro atoms. The van der Waals surface area contributed by atoms with Crippen LogP contribution in [0.25, 0.3) is 0 Å². The molecule has 0 rings (SSSR count). The number of hydrogen-bond donors (Lipinski definition) is 0. The molecule has 0 fully saturated rings. The molecule has 0 atom stereocenters. The molecule has 0 unspecified atom stereocenters. The second-order valence-corrected chi connectivity index (χ2v) is 1.50. The summed E-state index contributed by atoms with van der Waals surface area (Å²) in [5, 5.41) is 0. The minimum absolute atomic E-state index is 0.691. The number of halogens is 3. The third kappa shape index (κ3) is 3.95. The fourth-order valence-corrected chi connectivity index (χ4v) is 0.283. The highest BCUT2D eigenvalue weighted by Gasteiger charge is 1.88. The van der Waals surface area contributed by atoms with Gasteiger partial charge in [-0.25, -0.2) is 13.2 Å². The highest BCUT2D eigenvalue weighted by atomic mass is 19.2. The maximum Gasteiger partial charge on any atom is 0.141 e. The molecule has 56 valence electrons. The maximum atomic E-state index is 12.0. The van der Waals surface area contributed by atoms with Crippen LogP contribution in [0.3, 0.4) is 0 Å². The fraction of sp³-hybridized carbons (Fsp3) is 0.143. The lowest BCUT2D eigenvalue weighted by Gasteiger charge is -1.82. The monoisotopic (exact) mass is 148 g/mol. The quantitative estimate of drug-likeness (QED) is 0.540. The van der Waals surface area contributed by atoms with Crippen LogP contribution in [0.1, 0.15) is 0 Å². The number of hydrogen-bond acceptors (Lipinski definition) is 0. The summed E-state index contributed by atoms with van der Waals surface area (Å²) in [6.45, 7) is 1.87. The van der Waals surface area contributed by atoms with Gasteiger partial charge in [-0.2, -0.15) is 0 Å². The molecule has 10 heavy (non-hydrogen) atoms. The molecule has 0 heterocycles. The Morgan fingerprint density at radius 3 is 2.30 bits per heavy atom. The smallest absolute Gasteiger partial charge is 0.141 e. The first-order valence-corrected chi connectivity index (χ1v) is 2.61. The first-order chi connectivity index (χ1) is 4.70. The van der Waals surface area contributed by atoms with E-state index in [-0.39, 0.29) is 0 Å². The highest BCUT2D eigenvalue weighted by Crippen LogP contribution is 2.01. The lowest BCUT2D eigenvalue weighted by Crippen LogP contribution is -1.72. The Balaban J connectivity index is 4.03. The van der Waals surface area contributed by atoms with Crippen molar-refractivity contribution in [1.82, 2.24) is 0 Å². The van der Waals surface area contributed by atoms with E-state index in [1.165, 1.54) is 0 Å².